The zero-order valence-corrected chi connectivity index (χ0v) is 25.9. The standard InChI is InChI=1S/C36H44N4O3/c1-5-42-34(41)13-9-6-10-27(14-15-28-17-22-31(23-18-28)35-37-39-40-38-35)16-21-30-11-7-8-12-33(30)43-26-29-19-24-32(25-20-29)36(2,3)4/h7-8,11-12,16-25,27H,5-6,9-10,13-15,26H2,1-4H3,(H,37,38,39,40)/b21-16+. The average molecular weight is 581 g/mol. The SMILES string of the molecule is CCOC(=O)CCCCC(/C=C/c1ccccc1OCc1ccc(C(C)(C)C)cc1)CCc1ccc(-c2nnn[nH]2)cc1. The van der Waals surface area contributed by atoms with Crippen LogP contribution in [0, 0.1) is 5.92 Å². The fourth-order valence-corrected chi connectivity index (χ4v) is 4.96. The summed E-state index contributed by atoms with van der Waals surface area (Å²) in [5.41, 5.74) is 5.89. The fraction of sp³-hybridized carbons (Fsp3) is 0.389. The lowest BCUT2D eigenvalue weighted by molar-refractivity contribution is -0.143. The maximum Gasteiger partial charge on any atom is 0.305 e. The van der Waals surface area contributed by atoms with Crippen LogP contribution in [0.4, 0.5) is 0 Å². The molecule has 43 heavy (non-hydrogen) atoms. The van der Waals surface area contributed by atoms with Crippen molar-refractivity contribution in [1.29, 1.82) is 0 Å². The van der Waals surface area contributed by atoms with Gasteiger partial charge >= 0.3 is 5.97 Å². The maximum absolute atomic E-state index is 11.8. The van der Waals surface area contributed by atoms with Gasteiger partial charge in [0, 0.05) is 17.5 Å². The van der Waals surface area contributed by atoms with E-state index in [1.54, 1.807) is 0 Å². The summed E-state index contributed by atoms with van der Waals surface area (Å²) in [4.78, 5) is 11.8. The van der Waals surface area contributed by atoms with E-state index in [2.05, 4.69) is 96.0 Å². The first-order valence-electron chi connectivity index (χ1n) is 15.3. The Morgan fingerprint density at radius 2 is 1.67 bits per heavy atom. The highest BCUT2D eigenvalue weighted by atomic mass is 16.5. The van der Waals surface area contributed by atoms with E-state index in [1.807, 2.05) is 37.3 Å². The quantitative estimate of drug-likeness (QED) is 0.113. The van der Waals surface area contributed by atoms with E-state index < -0.39 is 0 Å². The highest BCUT2D eigenvalue weighted by Gasteiger charge is 2.13. The van der Waals surface area contributed by atoms with Gasteiger partial charge in [0.2, 0.25) is 0 Å². The van der Waals surface area contributed by atoms with Crippen molar-refractivity contribution in [2.75, 3.05) is 6.61 Å². The summed E-state index contributed by atoms with van der Waals surface area (Å²) in [5.74, 6) is 1.78. The van der Waals surface area contributed by atoms with Crippen molar-refractivity contribution in [3.05, 3.63) is 101 Å². The number of rotatable bonds is 15. The number of unbranched alkanes of at least 4 members (excludes halogenated alkanes) is 1. The third kappa shape index (κ3) is 10.2. The number of aromatic amines is 1. The van der Waals surface area contributed by atoms with Crippen molar-refractivity contribution in [2.45, 2.75) is 78.2 Å². The molecule has 0 saturated heterocycles. The zero-order valence-electron chi connectivity index (χ0n) is 25.9. The highest BCUT2D eigenvalue weighted by Crippen LogP contribution is 2.26. The zero-order chi connectivity index (χ0) is 30.5. The molecule has 7 nitrogen and oxygen atoms in total. The van der Waals surface area contributed by atoms with Crippen LogP contribution in [0.25, 0.3) is 17.5 Å². The average Bonchev–Trinajstić information content (AvgIpc) is 3.55. The predicted octanol–water partition coefficient (Wildman–Crippen LogP) is 8.13. The second-order valence-electron chi connectivity index (χ2n) is 11.9. The van der Waals surface area contributed by atoms with Crippen LogP contribution in [0.2, 0.25) is 0 Å². The third-order valence-electron chi connectivity index (χ3n) is 7.57. The van der Waals surface area contributed by atoms with Crippen LogP contribution in [0.3, 0.4) is 0 Å². The lowest BCUT2D eigenvalue weighted by atomic mass is 9.87. The van der Waals surface area contributed by atoms with Crippen LogP contribution >= 0.6 is 0 Å². The number of benzene rings is 3. The molecule has 1 heterocycles. The van der Waals surface area contributed by atoms with Gasteiger partial charge in [-0.25, -0.2) is 5.10 Å². The Bertz CT molecular complexity index is 1420. The molecule has 7 heteroatoms. The van der Waals surface area contributed by atoms with Crippen LogP contribution in [-0.2, 0) is 28.0 Å². The van der Waals surface area contributed by atoms with E-state index in [1.165, 1.54) is 11.1 Å². The topological polar surface area (TPSA) is 90.0 Å². The summed E-state index contributed by atoms with van der Waals surface area (Å²) >= 11 is 0. The van der Waals surface area contributed by atoms with E-state index in [0.29, 0.717) is 31.4 Å². The molecule has 0 fully saturated rings. The lowest BCUT2D eigenvalue weighted by Gasteiger charge is -2.19. The number of hydrogen-bond acceptors (Lipinski definition) is 6. The number of carbonyl (C=O) groups excluding carboxylic acids is 1. The van der Waals surface area contributed by atoms with Crippen molar-refractivity contribution in [1.82, 2.24) is 20.6 Å². The molecule has 0 saturated carbocycles. The number of hydrogen-bond donors (Lipinski definition) is 1. The number of para-hydroxylation sites is 1. The fourth-order valence-electron chi connectivity index (χ4n) is 4.96. The molecule has 0 spiro atoms. The number of ether oxygens (including phenoxy) is 2. The van der Waals surface area contributed by atoms with Crippen molar-refractivity contribution in [3.8, 4) is 17.1 Å². The monoisotopic (exact) mass is 580 g/mol. The molecule has 3 aromatic carbocycles. The van der Waals surface area contributed by atoms with Gasteiger partial charge in [0.05, 0.1) is 6.61 Å². The van der Waals surface area contributed by atoms with Crippen molar-refractivity contribution >= 4 is 12.0 Å². The molecule has 1 atom stereocenters. The second kappa shape index (κ2) is 15.8. The Morgan fingerprint density at radius 3 is 2.37 bits per heavy atom. The van der Waals surface area contributed by atoms with Gasteiger partial charge < -0.3 is 9.47 Å². The molecular weight excluding hydrogens is 536 g/mol. The minimum absolute atomic E-state index is 0.115. The lowest BCUT2D eigenvalue weighted by Crippen LogP contribution is -2.10. The molecule has 4 rings (SSSR count). The number of aryl methyl sites for hydroxylation is 1. The molecular formula is C36H44N4O3. The molecule has 0 amide bonds. The van der Waals surface area contributed by atoms with Crippen molar-refractivity contribution in [3.63, 3.8) is 0 Å². The van der Waals surface area contributed by atoms with Gasteiger partial charge in [0.1, 0.15) is 12.4 Å². The number of esters is 1. The number of carbonyl (C=O) groups is 1. The molecule has 1 N–H and O–H groups in total. The minimum Gasteiger partial charge on any atom is -0.488 e. The van der Waals surface area contributed by atoms with Crippen molar-refractivity contribution in [2.24, 2.45) is 5.92 Å². The summed E-state index contributed by atoms with van der Waals surface area (Å²) in [6, 6.07) is 25.2. The minimum atomic E-state index is -0.115. The smallest absolute Gasteiger partial charge is 0.305 e. The molecule has 0 radical (unpaired) electrons. The number of nitrogens with one attached hydrogen (secondary N) is 1. The van der Waals surface area contributed by atoms with Gasteiger partial charge in [0.25, 0.3) is 0 Å². The Kier molecular flexibility index (Phi) is 11.7. The van der Waals surface area contributed by atoms with Crippen LogP contribution in [0.1, 0.15) is 82.1 Å². The molecule has 0 bridgehead atoms. The summed E-state index contributed by atoms with van der Waals surface area (Å²) in [6.07, 6.45) is 9.71. The number of H-pyrrole nitrogens is 1. The molecule has 226 valence electrons. The largest absolute Gasteiger partial charge is 0.488 e. The summed E-state index contributed by atoms with van der Waals surface area (Å²) in [7, 11) is 0. The number of aromatic nitrogens is 4. The Balaban J connectivity index is 1.39. The van der Waals surface area contributed by atoms with E-state index in [0.717, 1.165) is 54.5 Å². The first kappa shape index (κ1) is 31.7. The molecule has 0 aliphatic heterocycles. The van der Waals surface area contributed by atoms with Crippen LogP contribution < -0.4 is 4.74 Å². The molecule has 0 aliphatic rings. The Hall–Kier alpha value is -4.26. The van der Waals surface area contributed by atoms with Gasteiger partial charge in [-0.1, -0.05) is 106 Å². The molecule has 1 unspecified atom stereocenters. The maximum atomic E-state index is 11.8. The Morgan fingerprint density at radius 1 is 0.930 bits per heavy atom. The Labute approximate surface area is 255 Å². The first-order valence-corrected chi connectivity index (χ1v) is 15.3. The van der Waals surface area contributed by atoms with Gasteiger partial charge in [-0.2, -0.15) is 0 Å². The van der Waals surface area contributed by atoms with E-state index in [4.69, 9.17) is 9.47 Å². The number of tetrazole rings is 1. The van der Waals surface area contributed by atoms with Crippen LogP contribution in [0.15, 0.2) is 78.9 Å². The summed E-state index contributed by atoms with van der Waals surface area (Å²) in [5, 5.41) is 14.1. The van der Waals surface area contributed by atoms with Crippen molar-refractivity contribution < 1.29 is 14.3 Å². The summed E-state index contributed by atoms with van der Waals surface area (Å²) < 4.78 is 11.4. The van der Waals surface area contributed by atoms with Gasteiger partial charge in [-0.05, 0) is 77.1 Å². The van der Waals surface area contributed by atoms with Gasteiger partial charge in [-0.3, -0.25) is 4.79 Å². The van der Waals surface area contributed by atoms with E-state index >= 15 is 0 Å². The highest BCUT2D eigenvalue weighted by molar-refractivity contribution is 5.69. The number of nitrogens with zero attached hydrogens (tertiary/aromatic N) is 3. The molecule has 4 aromatic rings. The molecule has 0 aliphatic carbocycles. The third-order valence-corrected chi connectivity index (χ3v) is 7.57. The van der Waals surface area contributed by atoms with Gasteiger partial charge in [0.15, 0.2) is 5.82 Å². The predicted molar refractivity (Wildman–Crippen MR) is 171 cm³/mol. The molecule has 1 aromatic heterocycles. The second-order valence-corrected chi connectivity index (χ2v) is 11.9. The first-order chi connectivity index (χ1) is 20.8. The van der Waals surface area contributed by atoms with Crippen LogP contribution in [-0.4, -0.2) is 33.2 Å². The van der Waals surface area contributed by atoms with Crippen LogP contribution in [0.5, 0.6) is 5.75 Å². The van der Waals surface area contributed by atoms with E-state index in [-0.39, 0.29) is 11.4 Å². The normalized spacial score (nSPS) is 12.4. The summed E-state index contributed by atoms with van der Waals surface area (Å²) in [6.45, 7) is 9.47. The van der Waals surface area contributed by atoms with Gasteiger partial charge in [-0.15, -0.1) is 5.10 Å². The van der Waals surface area contributed by atoms with E-state index in [9.17, 15) is 4.79 Å². The number of allylic oxidation sites excluding steroid dienone is 1.